The summed E-state index contributed by atoms with van der Waals surface area (Å²) in [6.07, 6.45) is 0.750. The van der Waals surface area contributed by atoms with Gasteiger partial charge in [-0.15, -0.1) is 0 Å². The molecule has 6 aromatic carbocycles. The molecule has 0 unspecified atom stereocenters. The van der Waals surface area contributed by atoms with Gasteiger partial charge in [0.2, 0.25) is 0 Å². The summed E-state index contributed by atoms with van der Waals surface area (Å²) in [5.41, 5.74) is 8.27. The lowest BCUT2D eigenvalue weighted by Gasteiger charge is -2.28. The summed E-state index contributed by atoms with van der Waals surface area (Å²) >= 11 is 0. The van der Waals surface area contributed by atoms with Crippen molar-refractivity contribution in [1.82, 2.24) is 0 Å². The highest BCUT2D eigenvalue weighted by Gasteiger charge is 2.30. The van der Waals surface area contributed by atoms with Crippen LogP contribution in [0.5, 0.6) is 34.5 Å². The van der Waals surface area contributed by atoms with Crippen LogP contribution in [-0.4, -0.2) is 32.4 Å². The molecule has 0 heterocycles. The molecule has 6 aromatic rings. The molecule has 0 aromatic heterocycles. The molecule has 344 valence electrons. The standard InChI is InChI=1S/C58H64O8/c1-55(2,3)43-25-35-21-39-29-45(57(7,8)9)31-41(51(39)65-53(63)33-13-17-47(59)18-14-33)23-37-27-44(56(4,5)6)28-38(50(37)62)24-42-32-46(58(10,11)12)30-40(22-36(26-43)49(35)61)52(42)66-54(64)34-15-19-48(60)20-16-34/h13-20,25-32,59-62H,21-24H2,1-12H3. The van der Waals surface area contributed by atoms with Crippen LogP contribution in [0.25, 0.3) is 0 Å². The van der Waals surface area contributed by atoms with Crippen LogP contribution in [0.4, 0.5) is 0 Å². The van der Waals surface area contributed by atoms with Gasteiger partial charge in [-0.25, -0.2) is 9.59 Å². The van der Waals surface area contributed by atoms with Gasteiger partial charge in [0.15, 0.2) is 0 Å². The van der Waals surface area contributed by atoms with Gasteiger partial charge in [-0.2, -0.15) is 0 Å². The quantitative estimate of drug-likeness (QED) is 0.101. The predicted molar refractivity (Wildman–Crippen MR) is 261 cm³/mol. The van der Waals surface area contributed by atoms with Gasteiger partial charge in [0.1, 0.15) is 34.5 Å². The van der Waals surface area contributed by atoms with Crippen molar-refractivity contribution >= 4 is 11.9 Å². The van der Waals surface area contributed by atoms with E-state index < -0.39 is 11.9 Å². The summed E-state index contributed by atoms with van der Waals surface area (Å²) in [4.78, 5) is 28.2. The summed E-state index contributed by atoms with van der Waals surface area (Å²) in [7, 11) is 0. The van der Waals surface area contributed by atoms with Crippen molar-refractivity contribution in [3.63, 3.8) is 0 Å². The maximum atomic E-state index is 14.1. The fourth-order valence-corrected chi connectivity index (χ4v) is 8.41. The second kappa shape index (κ2) is 17.4. The van der Waals surface area contributed by atoms with Crippen LogP contribution in [0.1, 0.15) is 171 Å². The van der Waals surface area contributed by atoms with E-state index in [0.29, 0.717) is 56.0 Å². The van der Waals surface area contributed by atoms with Crippen LogP contribution < -0.4 is 9.47 Å². The van der Waals surface area contributed by atoms with Gasteiger partial charge in [0.05, 0.1) is 11.1 Å². The van der Waals surface area contributed by atoms with E-state index in [-0.39, 0.29) is 81.5 Å². The monoisotopic (exact) mass is 888 g/mol. The van der Waals surface area contributed by atoms with E-state index in [2.05, 4.69) is 83.1 Å². The number of hydrogen-bond donors (Lipinski definition) is 4. The third kappa shape index (κ3) is 10.3. The molecule has 1 aliphatic rings. The molecule has 66 heavy (non-hydrogen) atoms. The average molecular weight is 889 g/mol. The Morgan fingerprint density at radius 1 is 0.364 bits per heavy atom. The summed E-state index contributed by atoms with van der Waals surface area (Å²) in [6, 6.07) is 28.1. The molecule has 4 N–H and O–H groups in total. The first-order valence-corrected chi connectivity index (χ1v) is 22.7. The lowest BCUT2D eigenvalue weighted by atomic mass is 9.79. The van der Waals surface area contributed by atoms with E-state index in [0.717, 1.165) is 22.3 Å². The number of esters is 2. The Labute approximate surface area is 389 Å². The molecular weight excluding hydrogens is 825 g/mol. The number of benzene rings is 6. The zero-order valence-corrected chi connectivity index (χ0v) is 40.5. The summed E-state index contributed by atoms with van der Waals surface area (Å²) in [6.45, 7) is 25.5. The van der Waals surface area contributed by atoms with Crippen molar-refractivity contribution in [1.29, 1.82) is 0 Å². The van der Waals surface area contributed by atoms with Crippen molar-refractivity contribution in [2.75, 3.05) is 0 Å². The Bertz CT molecular complexity index is 2540. The molecule has 8 nitrogen and oxygen atoms in total. The van der Waals surface area contributed by atoms with E-state index in [1.54, 1.807) is 0 Å². The minimum absolute atomic E-state index is 0.0223. The molecular formula is C58H64O8. The van der Waals surface area contributed by atoms with Crippen molar-refractivity contribution in [2.24, 2.45) is 0 Å². The van der Waals surface area contributed by atoms with Crippen molar-refractivity contribution < 1.29 is 39.5 Å². The summed E-state index contributed by atoms with van der Waals surface area (Å²) < 4.78 is 12.9. The molecule has 0 fully saturated rings. The summed E-state index contributed by atoms with van der Waals surface area (Å²) in [5.74, 6) is -0.362. The van der Waals surface area contributed by atoms with E-state index in [4.69, 9.17) is 9.47 Å². The summed E-state index contributed by atoms with van der Waals surface area (Å²) in [5, 5.41) is 45.2. The zero-order valence-electron chi connectivity index (χ0n) is 40.5. The van der Waals surface area contributed by atoms with E-state index in [1.165, 1.54) is 48.5 Å². The second-order valence-corrected chi connectivity index (χ2v) is 22.1. The van der Waals surface area contributed by atoms with Crippen LogP contribution in [0, 0.1) is 0 Å². The molecule has 0 radical (unpaired) electrons. The lowest BCUT2D eigenvalue weighted by Crippen LogP contribution is -2.18. The largest absolute Gasteiger partial charge is 0.508 e. The molecule has 8 heteroatoms. The lowest BCUT2D eigenvalue weighted by molar-refractivity contribution is 0.0722. The second-order valence-electron chi connectivity index (χ2n) is 22.1. The van der Waals surface area contributed by atoms with Crippen LogP contribution in [-0.2, 0) is 47.3 Å². The Balaban J connectivity index is 1.57. The Morgan fingerprint density at radius 2 is 0.576 bits per heavy atom. The Morgan fingerprint density at radius 3 is 0.788 bits per heavy atom. The Hall–Kier alpha value is -6.54. The SMILES string of the molecule is CC(C)(C)c1cc2c(O)c(c1)Cc1cc(C(C)(C)C)cc(c1OC(=O)c1ccc(O)cc1)Cc1cc(C(C)(C)C)cc(c1O)Cc1cc(C(C)(C)C)cc(c1OC(=O)c1ccc(O)cc1)C2. The van der Waals surface area contributed by atoms with E-state index in [1.807, 2.05) is 48.5 Å². The van der Waals surface area contributed by atoms with Gasteiger partial charge >= 0.3 is 11.9 Å². The van der Waals surface area contributed by atoms with Crippen molar-refractivity contribution in [3.05, 3.63) is 175 Å². The number of aromatic hydroxyl groups is 4. The number of phenols is 4. The van der Waals surface area contributed by atoms with Crippen LogP contribution in [0.3, 0.4) is 0 Å². The number of carbonyl (C=O) groups is 2. The average Bonchev–Trinajstić information content (AvgIpc) is 3.21. The third-order valence-corrected chi connectivity index (χ3v) is 12.6. The van der Waals surface area contributed by atoms with Crippen LogP contribution >= 0.6 is 0 Å². The minimum atomic E-state index is -0.611. The minimum Gasteiger partial charge on any atom is -0.508 e. The number of hydrogen-bond acceptors (Lipinski definition) is 8. The number of fused-ring (bicyclic) bond motifs is 8. The molecule has 0 saturated carbocycles. The first-order chi connectivity index (χ1) is 30.6. The highest BCUT2D eigenvalue weighted by atomic mass is 16.5. The zero-order chi connectivity index (χ0) is 48.3. The highest BCUT2D eigenvalue weighted by molar-refractivity contribution is 5.92. The van der Waals surface area contributed by atoms with Gasteiger partial charge < -0.3 is 29.9 Å². The van der Waals surface area contributed by atoms with E-state index in [9.17, 15) is 30.0 Å². The predicted octanol–water partition coefficient (Wildman–Crippen LogP) is 12.8. The number of phenolic OH excluding ortho intramolecular Hbond substituents is 4. The highest BCUT2D eigenvalue weighted by Crippen LogP contribution is 2.44. The van der Waals surface area contributed by atoms with E-state index >= 15 is 0 Å². The number of ether oxygens (including phenoxy) is 2. The topological polar surface area (TPSA) is 134 Å². The molecule has 0 amide bonds. The maximum Gasteiger partial charge on any atom is 0.343 e. The molecule has 0 saturated heterocycles. The van der Waals surface area contributed by atoms with Gasteiger partial charge in [-0.05, 0) is 115 Å². The molecule has 1 aliphatic carbocycles. The molecule has 0 spiro atoms. The maximum absolute atomic E-state index is 14.1. The van der Waals surface area contributed by atoms with Gasteiger partial charge in [0, 0.05) is 47.9 Å². The van der Waals surface area contributed by atoms with Gasteiger partial charge in [-0.3, -0.25) is 0 Å². The van der Waals surface area contributed by atoms with Gasteiger partial charge in [0.25, 0.3) is 0 Å². The molecule has 0 aliphatic heterocycles. The fourth-order valence-electron chi connectivity index (χ4n) is 8.41. The number of carbonyl (C=O) groups excluding carboxylic acids is 2. The smallest absolute Gasteiger partial charge is 0.343 e. The third-order valence-electron chi connectivity index (χ3n) is 12.6. The van der Waals surface area contributed by atoms with Crippen molar-refractivity contribution in [3.8, 4) is 34.5 Å². The normalized spacial score (nSPS) is 13.3. The van der Waals surface area contributed by atoms with Gasteiger partial charge in [-0.1, -0.05) is 132 Å². The Kier molecular flexibility index (Phi) is 12.5. The fraction of sp³-hybridized carbons (Fsp3) is 0.345. The number of rotatable bonds is 4. The van der Waals surface area contributed by atoms with Crippen LogP contribution in [0.2, 0.25) is 0 Å². The molecule has 7 rings (SSSR count). The van der Waals surface area contributed by atoms with Crippen LogP contribution in [0.15, 0.2) is 97.1 Å². The first kappa shape index (κ1) is 47.4. The molecule has 8 bridgehead atoms. The first-order valence-electron chi connectivity index (χ1n) is 22.7. The van der Waals surface area contributed by atoms with Crippen molar-refractivity contribution in [2.45, 2.75) is 130 Å². The molecule has 0 atom stereocenters.